The van der Waals surface area contributed by atoms with Gasteiger partial charge in [-0.1, -0.05) is 18.2 Å². The van der Waals surface area contributed by atoms with E-state index >= 15 is 0 Å². The standard InChI is InChI=1S/C16H23FN2O2/c1-16(2,3)21-15(20)19-9-5-4-6-12-10-14(17)8-7-13(12)11-18/h4,6-8,10H,5,9,11,18H2,1-3H3,(H,19,20). The largest absolute Gasteiger partial charge is 0.444 e. The molecule has 0 bridgehead atoms. The third-order valence-electron chi connectivity index (χ3n) is 2.60. The maximum absolute atomic E-state index is 13.2. The van der Waals surface area contributed by atoms with Crippen LogP contribution >= 0.6 is 0 Å². The van der Waals surface area contributed by atoms with Crippen LogP contribution in [-0.4, -0.2) is 18.2 Å². The number of amides is 1. The number of ether oxygens (including phenoxy) is 1. The molecule has 1 aromatic rings. The summed E-state index contributed by atoms with van der Waals surface area (Å²) in [6, 6.07) is 4.51. The number of alkyl carbamates (subject to hydrolysis) is 1. The van der Waals surface area contributed by atoms with E-state index in [1.807, 2.05) is 32.9 Å². The SMILES string of the molecule is CC(C)(C)OC(=O)NCCC=Cc1cc(F)ccc1CN. The molecule has 116 valence electrons. The number of halogens is 1. The van der Waals surface area contributed by atoms with Gasteiger partial charge in [-0.25, -0.2) is 9.18 Å². The van der Waals surface area contributed by atoms with Crippen LogP contribution < -0.4 is 11.1 Å². The fraction of sp³-hybridized carbons (Fsp3) is 0.438. The molecular weight excluding hydrogens is 271 g/mol. The van der Waals surface area contributed by atoms with E-state index in [0.717, 1.165) is 11.1 Å². The second-order valence-electron chi connectivity index (χ2n) is 5.67. The molecule has 0 unspecified atom stereocenters. The summed E-state index contributed by atoms with van der Waals surface area (Å²) in [5.41, 5.74) is 6.74. The van der Waals surface area contributed by atoms with Crippen LogP contribution in [0.15, 0.2) is 24.3 Å². The minimum atomic E-state index is -0.502. The Morgan fingerprint density at radius 3 is 2.76 bits per heavy atom. The van der Waals surface area contributed by atoms with Gasteiger partial charge in [-0.3, -0.25) is 0 Å². The number of carbonyl (C=O) groups excluding carboxylic acids is 1. The van der Waals surface area contributed by atoms with Gasteiger partial charge in [-0.2, -0.15) is 0 Å². The van der Waals surface area contributed by atoms with E-state index in [4.69, 9.17) is 10.5 Å². The lowest BCUT2D eigenvalue weighted by molar-refractivity contribution is 0.0529. The van der Waals surface area contributed by atoms with E-state index in [2.05, 4.69) is 5.32 Å². The Hall–Kier alpha value is -1.88. The van der Waals surface area contributed by atoms with E-state index in [9.17, 15) is 9.18 Å². The van der Waals surface area contributed by atoms with Crippen LogP contribution in [0.1, 0.15) is 38.3 Å². The van der Waals surface area contributed by atoms with Gasteiger partial charge in [0, 0.05) is 13.1 Å². The van der Waals surface area contributed by atoms with Gasteiger partial charge in [0.25, 0.3) is 0 Å². The van der Waals surface area contributed by atoms with Crippen LogP contribution in [0.25, 0.3) is 6.08 Å². The molecule has 0 aromatic heterocycles. The Bertz CT molecular complexity index is 507. The van der Waals surface area contributed by atoms with E-state index in [0.29, 0.717) is 19.5 Å². The van der Waals surface area contributed by atoms with Gasteiger partial charge in [0.1, 0.15) is 11.4 Å². The molecule has 5 heteroatoms. The summed E-state index contributed by atoms with van der Waals surface area (Å²) in [5, 5.41) is 2.65. The van der Waals surface area contributed by atoms with Gasteiger partial charge < -0.3 is 15.8 Å². The highest BCUT2D eigenvalue weighted by atomic mass is 19.1. The monoisotopic (exact) mass is 294 g/mol. The lowest BCUT2D eigenvalue weighted by Gasteiger charge is -2.19. The molecule has 0 fully saturated rings. The van der Waals surface area contributed by atoms with Gasteiger partial charge in [0.15, 0.2) is 0 Å². The first-order valence-corrected chi connectivity index (χ1v) is 6.94. The number of benzene rings is 1. The highest BCUT2D eigenvalue weighted by molar-refractivity contribution is 5.67. The first-order chi connectivity index (χ1) is 9.81. The van der Waals surface area contributed by atoms with Gasteiger partial charge in [-0.15, -0.1) is 0 Å². The maximum Gasteiger partial charge on any atom is 0.407 e. The van der Waals surface area contributed by atoms with Crippen molar-refractivity contribution in [3.63, 3.8) is 0 Å². The maximum atomic E-state index is 13.2. The minimum absolute atomic E-state index is 0.293. The molecule has 1 amide bonds. The summed E-state index contributed by atoms with van der Waals surface area (Å²) in [6.07, 6.45) is 3.86. The van der Waals surface area contributed by atoms with E-state index in [1.165, 1.54) is 12.1 Å². The summed E-state index contributed by atoms with van der Waals surface area (Å²) < 4.78 is 18.3. The molecule has 3 N–H and O–H groups in total. The van der Waals surface area contributed by atoms with Crippen molar-refractivity contribution in [3.05, 3.63) is 41.2 Å². The molecule has 0 saturated carbocycles. The van der Waals surface area contributed by atoms with Crippen molar-refractivity contribution in [1.82, 2.24) is 5.32 Å². The van der Waals surface area contributed by atoms with Crippen LogP contribution in [0.5, 0.6) is 0 Å². The Morgan fingerprint density at radius 1 is 1.43 bits per heavy atom. The van der Waals surface area contributed by atoms with Crippen LogP contribution in [0.4, 0.5) is 9.18 Å². The van der Waals surface area contributed by atoms with E-state index in [-0.39, 0.29) is 5.82 Å². The average Bonchev–Trinajstić information content (AvgIpc) is 2.36. The first-order valence-electron chi connectivity index (χ1n) is 6.94. The van der Waals surface area contributed by atoms with Gasteiger partial charge in [0.2, 0.25) is 0 Å². The summed E-state index contributed by atoms with van der Waals surface area (Å²) in [7, 11) is 0. The van der Waals surface area contributed by atoms with Crippen molar-refractivity contribution >= 4 is 12.2 Å². The fourth-order valence-corrected chi connectivity index (χ4v) is 1.69. The normalized spacial score (nSPS) is 11.7. The van der Waals surface area contributed by atoms with E-state index in [1.54, 1.807) is 6.07 Å². The molecule has 21 heavy (non-hydrogen) atoms. The smallest absolute Gasteiger partial charge is 0.407 e. The number of carbonyl (C=O) groups is 1. The summed E-state index contributed by atoms with van der Waals surface area (Å²) in [4.78, 5) is 11.4. The molecule has 0 aliphatic heterocycles. The van der Waals surface area contributed by atoms with Crippen molar-refractivity contribution < 1.29 is 13.9 Å². The third-order valence-corrected chi connectivity index (χ3v) is 2.60. The van der Waals surface area contributed by atoms with Crippen LogP contribution in [0.3, 0.4) is 0 Å². The van der Waals surface area contributed by atoms with E-state index < -0.39 is 11.7 Å². The zero-order valence-corrected chi connectivity index (χ0v) is 12.8. The zero-order chi connectivity index (χ0) is 15.9. The van der Waals surface area contributed by atoms with Gasteiger partial charge >= 0.3 is 6.09 Å². The molecule has 1 aromatic carbocycles. The second-order valence-corrected chi connectivity index (χ2v) is 5.67. The molecule has 0 heterocycles. The molecule has 4 nitrogen and oxygen atoms in total. The third kappa shape index (κ3) is 6.90. The minimum Gasteiger partial charge on any atom is -0.444 e. The summed E-state index contributed by atoms with van der Waals surface area (Å²) in [6.45, 7) is 6.25. The zero-order valence-electron chi connectivity index (χ0n) is 12.8. The number of nitrogens with two attached hydrogens (primary N) is 1. The number of nitrogens with one attached hydrogen (secondary N) is 1. The highest BCUT2D eigenvalue weighted by Crippen LogP contribution is 2.13. The fourth-order valence-electron chi connectivity index (χ4n) is 1.69. The molecule has 0 aliphatic rings. The number of rotatable bonds is 5. The number of hydrogen-bond donors (Lipinski definition) is 2. The first kappa shape index (κ1) is 17.2. The summed E-state index contributed by atoms with van der Waals surface area (Å²) in [5.74, 6) is -0.293. The molecule has 0 aliphatic carbocycles. The molecule has 0 spiro atoms. The Balaban J connectivity index is 2.42. The second kappa shape index (κ2) is 7.78. The molecule has 0 saturated heterocycles. The average molecular weight is 294 g/mol. The predicted molar refractivity (Wildman–Crippen MR) is 82.2 cm³/mol. The Morgan fingerprint density at radius 2 is 2.14 bits per heavy atom. The lowest BCUT2D eigenvalue weighted by Crippen LogP contribution is -2.32. The van der Waals surface area contributed by atoms with Crippen molar-refractivity contribution in [2.75, 3.05) is 6.54 Å². The van der Waals surface area contributed by atoms with Gasteiger partial charge in [0.05, 0.1) is 0 Å². The summed E-state index contributed by atoms with van der Waals surface area (Å²) >= 11 is 0. The molecule has 0 radical (unpaired) electrons. The topological polar surface area (TPSA) is 64.3 Å². The van der Waals surface area contributed by atoms with Crippen molar-refractivity contribution in [2.24, 2.45) is 5.73 Å². The van der Waals surface area contributed by atoms with Crippen molar-refractivity contribution in [1.29, 1.82) is 0 Å². The van der Waals surface area contributed by atoms with Gasteiger partial charge in [-0.05, 0) is 50.5 Å². The lowest BCUT2D eigenvalue weighted by atomic mass is 10.1. The highest BCUT2D eigenvalue weighted by Gasteiger charge is 2.15. The predicted octanol–water partition coefficient (Wildman–Crippen LogP) is 3.21. The van der Waals surface area contributed by atoms with Crippen LogP contribution in [-0.2, 0) is 11.3 Å². The molecule has 0 atom stereocenters. The Kier molecular flexibility index (Phi) is 6.37. The molecular formula is C16H23FN2O2. The molecule has 1 rings (SSSR count). The van der Waals surface area contributed by atoms with Crippen LogP contribution in [0.2, 0.25) is 0 Å². The number of hydrogen-bond acceptors (Lipinski definition) is 3. The quantitative estimate of drug-likeness (QED) is 0.820. The Labute approximate surface area is 125 Å². The van der Waals surface area contributed by atoms with Crippen molar-refractivity contribution in [2.45, 2.75) is 39.3 Å². The van der Waals surface area contributed by atoms with Crippen LogP contribution in [0, 0.1) is 5.82 Å². The van der Waals surface area contributed by atoms with Crippen molar-refractivity contribution in [3.8, 4) is 0 Å².